The lowest BCUT2D eigenvalue weighted by Gasteiger charge is -2.50. The summed E-state index contributed by atoms with van der Waals surface area (Å²) in [6.45, 7) is 2.96. The lowest BCUT2D eigenvalue weighted by Crippen LogP contribution is -2.55. The van der Waals surface area contributed by atoms with Crippen molar-refractivity contribution in [2.24, 2.45) is 0 Å². The lowest BCUT2D eigenvalue weighted by atomic mass is 9.68. The molecule has 3 aromatic carbocycles. The lowest BCUT2D eigenvalue weighted by molar-refractivity contribution is -0.120. The SMILES string of the molecule is COc1cc2c(cc1OC)CC1(CCCCN1CCCC(CCCNC(=O)Cc1ccsc1)(c1ccccc1)c1ccccc1)CC2. The molecule has 0 bridgehead atoms. The quantitative estimate of drug-likeness (QED) is 0.139. The van der Waals surface area contributed by atoms with E-state index in [1.165, 1.54) is 54.5 Å². The summed E-state index contributed by atoms with van der Waals surface area (Å²) >= 11 is 1.64. The maximum Gasteiger partial charge on any atom is 0.224 e. The molecule has 6 heteroatoms. The Bertz CT molecular complexity index is 1530. The van der Waals surface area contributed by atoms with E-state index < -0.39 is 0 Å². The van der Waals surface area contributed by atoms with Crippen molar-refractivity contribution < 1.29 is 14.3 Å². The smallest absolute Gasteiger partial charge is 0.224 e. The summed E-state index contributed by atoms with van der Waals surface area (Å²) in [6.07, 6.45) is 11.7. The van der Waals surface area contributed by atoms with Crippen LogP contribution in [-0.4, -0.2) is 50.2 Å². The van der Waals surface area contributed by atoms with E-state index in [4.69, 9.17) is 9.47 Å². The second-order valence-corrected chi connectivity index (χ2v) is 14.3. The van der Waals surface area contributed by atoms with Crippen molar-refractivity contribution in [3.8, 4) is 11.5 Å². The van der Waals surface area contributed by atoms with Gasteiger partial charge in [-0.25, -0.2) is 0 Å². The van der Waals surface area contributed by atoms with Gasteiger partial charge in [0.05, 0.1) is 20.6 Å². The number of carbonyl (C=O) groups excluding carboxylic acids is 1. The van der Waals surface area contributed by atoms with Gasteiger partial charge in [-0.2, -0.15) is 11.3 Å². The molecule has 248 valence electrons. The summed E-state index contributed by atoms with van der Waals surface area (Å²) < 4.78 is 11.3. The summed E-state index contributed by atoms with van der Waals surface area (Å²) in [5.41, 5.74) is 6.75. The van der Waals surface area contributed by atoms with E-state index in [2.05, 4.69) is 88.4 Å². The predicted molar refractivity (Wildman–Crippen MR) is 193 cm³/mol. The summed E-state index contributed by atoms with van der Waals surface area (Å²) in [4.78, 5) is 15.5. The van der Waals surface area contributed by atoms with Crippen LogP contribution in [0.2, 0.25) is 0 Å². The molecule has 1 spiro atoms. The summed E-state index contributed by atoms with van der Waals surface area (Å²) in [7, 11) is 3.46. The molecule has 1 atom stereocenters. The number of nitrogens with one attached hydrogen (secondary N) is 1. The molecule has 1 saturated heterocycles. The predicted octanol–water partition coefficient (Wildman–Crippen LogP) is 8.38. The Morgan fingerprint density at radius 1 is 0.872 bits per heavy atom. The van der Waals surface area contributed by atoms with Crippen molar-refractivity contribution in [2.45, 2.75) is 81.6 Å². The third kappa shape index (κ3) is 7.60. The fourth-order valence-electron chi connectivity index (χ4n) is 8.37. The number of benzene rings is 3. The van der Waals surface area contributed by atoms with E-state index in [-0.39, 0.29) is 16.9 Å². The van der Waals surface area contributed by atoms with E-state index in [1.807, 2.05) is 11.4 Å². The minimum atomic E-state index is -0.118. The van der Waals surface area contributed by atoms with E-state index in [9.17, 15) is 4.79 Å². The third-order valence-electron chi connectivity index (χ3n) is 10.8. The Balaban J connectivity index is 1.19. The molecule has 1 fully saturated rings. The van der Waals surface area contributed by atoms with Gasteiger partial charge in [0.15, 0.2) is 11.5 Å². The van der Waals surface area contributed by atoms with E-state index >= 15 is 0 Å². The maximum atomic E-state index is 12.7. The van der Waals surface area contributed by atoms with E-state index in [1.54, 1.807) is 25.6 Å². The molecular weight excluding hydrogens is 601 g/mol. The van der Waals surface area contributed by atoms with Crippen LogP contribution in [0.4, 0.5) is 0 Å². The van der Waals surface area contributed by atoms with E-state index in [0.717, 1.165) is 62.1 Å². The van der Waals surface area contributed by atoms with Gasteiger partial charge in [-0.1, -0.05) is 67.1 Å². The second-order valence-electron chi connectivity index (χ2n) is 13.5. The van der Waals surface area contributed by atoms with Crippen LogP contribution in [0.25, 0.3) is 0 Å². The van der Waals surface area contributed by atoms with Crippen molar-refractivity contribution in [2.75, 3.05) is 33.9 Å². The van der Waals surface area contributed by atoms with Crippen LogP contribution in [0.15, 0.2) is 89.6 Å². The van der Waals surface area contributed by atoms with Gasteiger partial charge in [-0.3, -0.25) is 9.69 Å². The van der Waals surface area contributed by atoms with Crippen LogP contribution in [0.3, 0.4) is 0 Å². The number of carbonyl (C=O) groups is 1. The molecule has 1 N–H and O–H groups in total. The van der Waals surface area contributed by atoms with Crippen LogP contribution in [0, 0.1) is 0 Å². The normalized spacial score (nSPS) is 18.1. The van der Waals surface area contributed by atoms with Crippen molar-refractivity contribution in [1.82, 2.24) is 10.2 Å². The Labute approximate surface area is 285 Å². The first-order chi connectivity index (χ1) is 23.0. The van der Waals surface area contributed by atoms with Crippen molar-refractivity contribution in [3.63, 3.8) is 0 Å². The second kappa shape index (κ2) is 15.5. The van der Waals surface area contributed by atoms with Gasteiger partial charge in [0.1, 0.15) is 0 Å². The molecule has 1 aliphatic heterocycles. The van der Waals surface area contributed by atoms with Gasteiger partial charge in [0.2, 0.25) is 5.91 Å². The molecule has 1 aliphatic carbocycles. The molecule has 0 radical (unpaired) electrons. The molecule has 1 aromatic heterocycles. The largest absolute Gasteiger partial charge is 0.493 e. The Morgan fingerprint density at radius 2 is 1.55 bits per heavy atom. The number of nitrogens with zero attached hydrogens (tertiary/aromatic N) is 1. The summed E-state index contributed by atoms with van der Waals surface area (Å²) in [5, 5.41) is 7.30. The zero-order chi connectivity index (χ0) is 32.5. The van der Waals surface area contributed by atoms with E-state index in [0.29, 0.717) is 13.0 Å². The fraction of sp³-hybridized carbons (Fsp3) is 0.439. The van der Waals surface area contributed by atoms with Gasteiger partial charge in [0.25, 0.3) is 0 Å². The van der Waals surface area contributed by atoms with Crippen molar-refractivity contribution in [1.29, 1.82) is 0 Å². The van der Waals surface area contributed by atoms with Gasteiger partial charge in [-0.15, -0.1) is 0 Å². The first kappa shape index (κ1) is 33.3. The van der Waals surface area contributed by atoms with Crippen molar-refractivity contribution in [3.05, 3.63) is 117 Å². The average molecular weight is 651 g/mol. The number of ether oxygens (including phenoxy) is 2. The maximum absolute atomic E-state index is 12.7. The Hall–Kier alpha value is -3.61. The number of likely N-dealkylation sites (tertiary alicyclic amines) is 1. The van der Waals surface area contributed by atoms with Gasteiger partial charge in [0, 0.05) is 17.5 Å². The topological polar surface area (TPSA) is 50.8 Å². The number of aryl methyl sites for hydroxylation is 1. The number of hydrogen-bond acceptors (Lipinski definition) is 5. The number of methoxy groups -OCH3 is 2. The standard InChI is InChI=1S/C41H50N2O3S/c1-45-37-28-33-17-22-40(30-34(33)29-38(37)46-2)19-9-10-24-43(40)25-12-21-41(35-13-5-3-6-14-35,36-15-7-4-8-16-36)20-11-23-42-39(44)27-32-18-26-47-31-32/h3-8,13-16,18,26,28-29,31H,9-12,17,19-25,27,30H2,1-2H3,(H,42,44). The zero-order valence-corrected chi connectivity index (χ0v) is 29.0. The third-order valence-corrected chi connectivity index (χ3v) is 11.5. The number of amides is 1. The first-order valence-corrected chi connectivity index (χ1v) is 18.4. The summed E-state index contributed by atoms with van der Waals surface area (Å²) in [6, 6.07) is 28.7. The minimum Gasteiger partial charge on any atom is -0.493 e. The zero-order valence-electron chi connectivity index (χ0n) is 28.1. The highest BCUT2D eigenvalue weighted by Gasteiger charge is 2.42. The number of fused-ring (bicyclic) bond motifs is 1. The minimum absolute atomic E-state index is 0.105. The molecule has 2 heterocycles. The highest BCUT2D eigenvalue weighted by molar-refractivity contribution is 7.08. The van der Waals surface area contributed by atoms with Crippen LogP contribution < -0.4 is 14.8 Å². The van der Waals surface area contributed by atoms with Gasteiger partial charge in [-0.05, 0) is 128 Å². The number of hydrogen-bond donors (Lipinski definition) is 1. The first-order valence-electron chi connectivity index (χ1n) is 17.4. The van der Waals surface area contributed by atoms with Gasteiger partial charge < -0.3 is 14.8 Å². The highest BCUT2D eigenvalue weighted by Crippen LogP contribution is 2.45. The molecular formula is C41H50N2O3S. The van der Waals surface area contributed by atoms with Gasteiger partial charge >= 0.3 is 0 Å². The molecule has 6 rings (SSSR count). The molecule has 2 aliphatic rings. The number of piperidine rings is 1. The molecule has 1 unspecified atom stereocenters. The summed E-state index contributed by atoms with van der Waals surface area (Å²) in [5.74, 6) is 1.78. The van der Waals surface area contributed by atoms with Crippen LogP contribution in [0.5, 0.6) is 11.5 Å². The molecule has 5 nitrogen and oxygen atoms in total. The Morgan fingerprint density at radius 3 is 2.21 bits per heavy atom. The monoisotopic (exact) mass is 650 g/mol. The molecule has 47 heavy (non-hydrogen) atoms. The number of rotatable bonds is 14. The van der Waals surface area contributed by atoms with Crippen LogP contribution in [-0.2, 0) is 29.5 Å². The number of thiophene rings is 1. The highest BCUT2D eigenvalue weighted by atomic mass is 32.1. The molecule has 0 saturated carbocycles. The Kier molecular flexibility index (Phi) is 11.0. The molecule has 4 aromatic rings. The fourth-order valence-corrected chi connectivity index (χ4v) is 9.04. The van der Waals surface area contributed by atoms with Crippen molar-refractivity contribution >= 4 is 17.2 Å². The van der Waals surface area contributed by atoms with Crippen LogP contribution in [0.1, 0.15) is 79.2 Å². The average Bonchev–Trinajstić information content (AvgIpc) is 3.63. The van der Waals surface area contributed by atoms with Crippen LogP contribution >= 0.6 is 11.3 Å². The molecule has 1 amide bonds.